The van der Waals surface area contributed by atoms with Crippen LogP contribution in [0.3, 0.4) is 0 Å². The van der Waals surface area contributed by atoms with E-state index in [9.17, 15) is 13.2 Å². The molecule has 6 nitrogen and oxygen atoms in total. The molecule has 0 aliphatic carbocycles. The molecule has 2 N–H and O–H groups in total. The van der Waals surface area contributed by atoms with Crippen molar-refractivity contribution >= 4 is 22.3 Å². The highest BCUT2D eigenvalue weighted by Crippen LogP contribution is 2.24. The van der Waals surface area contributed by atoms with Crippen molar-refractivity contribution in [3.05, 3.63) is 41.4 Å². The maximum Gasteiger partial charge on any atom is 0.422 e. The number of aromatic nitrogens is 1. The molecule has 0 amide bonds. The fraction of sp³-hybridized carbons (Fsp3) is 0.474. The predicted octanol–water partition coefficient (Wildman–Crippen LogP) is 3.42. The molecule has 0 radical (unpaired) electrons. The molecule has 1 aliphatic rings. The van der Waals surface area contributed by atoms with Crippen molar-refractivity contribution in [2.24, 2.45) is 4.99 Å². The molecule has 1 saturated heterocycles. The van der Waals surface area contributed by atoms with Crippen LogP contribution in [0.25, 0.3) is 0 Å². The average Bonchev–Trinajstić information content (AvgIpc) is 3.25. The van der Waals surface area contributed by atoms with Crippen LogP contribution in [0.2, 0.25) is 0 Å². The van der Waals surface area contributed by atoms with Gasteiger partial charge >= 0.3 is 6.18 Å². The van der Waals surface area contributed by atoms with E-state index in [0.29, 0.717) is 18.5 Å². The average molecular weight is 427 g/mol. The molecular formula is C19H24F3N5OS. The second-order valence-electron chi connectivity index (χ2n) is 6.69. The Bertz CT molecular complexity index is 789. The molecule has 0 saturated carbocycles. The zero-order valence-electron chi connectivity index (χ0n) is 16.1. The summed E-state index contributed by atoms with van der Waals surface area (Å²) in [5.41, 5.74) is 0.757. The minimum absolute atomic E-state index is 0.0504. The van der Waals surface area contributed by atoms with Crippen LogP contribution in [0.15, 0.2) is 40.8 Å². The summed E-state index contributed by atoms with van der Waals surface area (Å²) < 4.78 is 41.5. The number of hydrogen-bond donors (Lipinski definition) is 2. The summed E-state index contributed by atoms with van der Waals surface area (Å²) in [6, 6.07) is 7.74. The van der Waals surface area contributed by atoms with E-state index in [1.807, 2.05) is 0 Å². The molecule has 0 bridgehead atoms. The first kappa shape index (κ1) is 21.2. The number of aliphatic imine (C=N–C) groups is 1. The number of alkyl halides is 3. The van der Waals surface area contributed by atoms with Crippen LogP contribution in [0.5, 0.6) is 5.88 Å². The van der Waals surface area contributed by atoms with Crippen LogP contribution in [0.4, 0.5) is 18.2 Å². The molecule has 0 aromatic carbocycles. The van der Waals surface area contributed by atoms with Gasteiger partial charge in [0.15, 0.2) is 12.6 Å². The van der Waals surface area contributed by atoms with Crippen molar-refractivity contribution in [2.75, 3.05) is 31.6 Å². The SMILES string of the molecule is CN=C(NCc1ccnc(OCC(F)(F)F)c1)NC1CCN(c2cccs2)CC1. The number of halogens is 3. The third-order valence-electron chi connectivity index (χ3n) is 4.52. The van der Waals surface area contributed by atoms with Gasteiger partial charge in [-0.15, -0.1) is 11.3 Å². The Morgan fingerprint density at radius 1 is 1.34 bits per heavy atom. The number of piperidine rings is 1. The molecule has 0 unspecified atom stereocenters. The summed E-state index contributed by atoms with van der Waals surface area (Å²) in [5, 5.41) is 10.0. The number of rotatable bonds is 6. The zero-order chi connectivity index (χ0) is 20.7. The highest BCUT2D eigenvalue weighted by molar-refractivity contribution is 7.14. The van der Waals surface area contributed by atoms with Gasteiger partial charge < -0.3 is 20.3 Å². The van der Waals surface area contributed by atoms with Gasteiger partial charge in [-0.1, -0.05) is 0 Å². The smallest absolute Gasteiger partial charge is 0.422 e. The molecule has 2 aromatic heterocycles. The van der Waals surface area contributed by atoms with Gasteiger partial charge in [0.1, 0.15) is 0 Å². The van der Waals surface area contributed by atoms with E-state index >= 15 is 0 Å². The van der Waals surface area contributed by atoms with E-state index in [1.165, 1.54) is 17.3 Å². The lowest BCUT2D eigenvalue weighted by Gasteiger charge is -2.33. The summed E-state index contributed by atoms with van der Waals surface area (Å²) in [4.78, 5) is 10.4. The highest BCUT2D eigenvalue weighted by Gasteiger charge is 2.28. The number of guanidine groups is 1. The van der Waals surface area contributed by atoms with Crippen LogP contribution in [-0.4, -0.2) is 49.9 Å². The van der Waals surface area contributed by atoms with Crippen LogP contribution >= 0.6 is 11.3 Å². The van der Waals surface area contributed by atoms with Crippen molar-refractivity contribution in [2.45, 2.75) is 31.6 Å². The van der Waals surface area contributed by atoms with E-state index in [2.05, 4.69) is 43.0 Å². The molecule has 0 atom stereocenters. The number of pyridine rings is 1. The topological polar surface area (TPSA) is 61.8 Å². The molecule has 3 heterocycles. The van der Waals surface area contributed by atoms with E-state index < -0.39 is 12.8 Å². The molecular weight excluding hydrogens is 403 g/mol. The summed E-state index contributed by atoms with van der Waals surface area (Å²) in [5.74, 6) is 0.611. The van der Waals surface area contributed by atoms with Crippen LogP contribution < -0.4 is 20.3 Å². The number of anilines is 1. The molecule has 1 aliphatic heterocycles. The third-order valence-corrected chi connectivity index (χ3v) is 5.45. The lowest BCUT2D eigenvalue weighted by atomic mass is 10.1. The lowest BCUT2D eigenvalue weighted by Crippen LogP contribution is -2.48. The quantitative estimate of drug-likeness (QED) is 0.547. The van der Waals surface area contributed by atoms with Gasteiger partial charge in [0.2, 0.25) is 5.88 Å². The Kier molecular flexibility index (Phi) is 7.18. The van der Waals surface area contributed by atoms with E-state index in [-0.39, 0.29) is 5.88 Å². The first-order valence-corrected chi connectivity index (χ1v) is 10.2. The van der Waals surface area contributed by atoms with E-state index in [1.54, 1.807) is 24.5 Å². The minimum atomic E-state index is -4.39. The predicted molar refractivity (Wildman–Crippen MR) is 109 cm³/mol. The number of nitrogens with zero attached hydrogens (tertiary/aromatic N) is 3. The third kappa shape index (κ3) is 6.81. The zero-order valence-corrected chi connectivity index (χ0v) is 16.9. The van der Waals surface area contributed by atoms with Gasteiger partial charge in [-0.3, -0.25) is 4.99 Å². The minimum Gasteiger partial charge on any atom is -0.468 e. The molecule has 158 valence electrons. The van der Waals surface area contributed by atoms with Gasteiger partial charge in [0.25, 0.3) is 0 Å². The van der Waals surface area contributed by atoms with Gasteiger partial charge in [-0.25, -0.2) is 4.98 Å². The number of nitrogens with one attached hydrogen (secondary N) is 2. The molecule has 2 aromatic rings. The summed E-state index contributed by atoms with van der Waals surface area (Å²) in [7, 11) is 1.69. The van der Waals surface area contributed by atoms with Gasteiger partial charge in [-0.2, -0.15) is 13.2 Å². The van der Waals surface area contributed by atoms with Crippen LogP contribution in [0, 0.1) is 0 Å². The second-order valence-corrected chi connectivity index (χ2v) is 7.62. The molecule has 10 heteroatoms. The van der Waals surface area contributed by atoms with Crippen molar-refractivity contribution in [1.29, 1.82) is 0 Å². The monoisotopic (exact) mass is 427 g/mol. The highest BCUT2D eigenvalue weighted by atomic mass is 32.1. The Labute approximate surface area is 171 Å². The van der Waals surface area contributed by atoms with E-state index in [0.717, 1.165) is 31.5 Å². The molecule has 29 heavy (non-hydrogen) atoms. The summed E-state index contributed by atoms with van der Waals surface area (Å²) >= 11 is 1.75. The Morgan fingerprint density at radius 2 is 2.14 bits per heavy atom. The largest absolute Gasteiger partial charge is 0.468 e. The van der Waals surface area contributed by atoms with Crippen LogP contribution in [-0.2, 0) is 6.54 Å². The molecule has 1 fully saturated rings. The fourth-order valence-electron chi connectivity index (χ4n) is 3.06. The summed E-state index contributed by atoms with van der Waals surface area (Å²) in [6.45, 7) is 1.02. The Balaban J connectivity index is 1.45. The first-order valence-electron chi connectivity index (χ1n) is 9.33. The second kappa shape index (κ2) is 9.82. The van der Waals surface area contributed by atoms with Crippen molar-refractivity contribution in [3.8, 4) is 5.88 Å². The van der Waals surface area contributed by atoms with Gasteiger partial charge in [0.05, 0.1) is 5.00 Å². The van der Waals surface area contributed by atoms with Crippen LogP contribution in [0.1, 0.15) is 18.4 Å². The number of ether oxygens (including phenoxy) is 1. The normalized spacial score (nSPS) is 16.0. The lowest BCUT2D eigenvalue weighted by molar-refractivity contribution is -0.154. The van der Waals surface area contributed by atoms with Crippen molar-refractivity contribution in [1.82, 2.24) is 15.6 Å². The van der Waals surface area contributed by atoms with Gasteiger partial charge in [0, 0.05) is 45.0 Å². The molecule has 0 spiro atoms. The first-order chi connectivity index (χ1) is 13.9. The maximum absolute atomic E-state index is 12.3. The van der Waals surface area contributed by atoms with Crippen molar-refractivity contribution < 1.29 is 17.9 Å². The fourth-order valence-corrected chi connectivity index (χ4v) is 3.85. The summed E-state index contributed by atoms with van der Waals surface area (Å²) in [6.07, 6.45) is -0.952. The van der Waals surface area contributed by atoms with Gasteiger partial charge in [-0.05, 0) is 42.0 Å². The maximum atomic E-state index is 12.3. The number of hydrogen-bond acceptors (Lipinski definition) is 5. The Hall–Kier alpha value is -2.49. The Morgan fingerprint density at radius 3 is 2.79 bits per heavy atom. The number of thiophene rings is 1. The van der Waals surface area contributed by atoms with Crippen molar-refractivity contribution in [3.63, 3.8) is 0 Å². The van der Waals surface area contributed by atoms with E-state index in [4.69, 9.17) is 4.74 Å². The molecule has 3 rings (SSSR count). The standard InChI is InChI=1S/C19H24F3N5OS/c1-23-18(26-15-5-8-27(9-6-15)17-3-2-10-29-17)25-12-14-4-7-24-16(11-14)28-13-19(20,21)22/h2-4,7,10-11,15H,5-6,8-9,12-13H2,1H3,(H2,23,25,26).